The van der Waals surface area contributed by atoms with Crippen LogP contribution in [0.3, 0.4) is 0 Å². The first-order chi connectivity index (χ1) is 10.8. The third-order valence-corrected chi connectivity index (χ3v) is 4.29. The number of nitrogens with one attached hydrogen (secondary N) is 1. The van der Waals surface area contributed by atoms with Crippen molar-refractivity contribution in [1.82, 2.24) is 0 Å². The van der Waals surface area contributed by atoms with Crippen molar-refractivity contribution < 1.29 is 4.79 Å². The highest BCUT2D eigenvalue weighted by Crippen LogP contribution is 2.26. The summed E-state index contributed by atoms with van der Waals surface area (Å²) in [6, 6.07) is 16.1. The summed E-state index contributed by atoms with van der Waals surface area (Å²) in [6.45, 7) is 3.58. The molecule has 2 rings (SSSR count). The van der Waals surface area contributed by atoms with Crippen LogP contribution in [-0.4, -0.2) is 13.0 Å². The molecule has 0 unspecified atom stereocenters. The molecule has 0 aliphatic rings. The van der Waals surface area contributed by atoms with Crippen molar-refractivity contribution in [3.05, 3.63) is 58.6 Å². The van der Waals surface area contributed by atoms with E-state index in [1.54, 1.807) is 4.90 Å². The number of halogens is 1. The van der Waals surface area contributed by atoms with Gasteiger partial charge in [0.25, 0.3) is 0 Å². The molecule has 0 aliphatic carbocycles. The smallest absolute Gasteiger partial charge is 0.214 e. The van der Waals surface area contributed by atoms with Gasteiger partial charge < -0.3 is 10.2 Å². The number of hydrogen-bond acceptors (Lipinski definition) is 2. The quantitative estimate of drug-likeness (QED) is 0.684. The highest BCUT2D eigenvalue weighted by Gasteiger charge is 2.10. The molecular formula is C18H21BrN2O. The Morgan fingerprint density at radius 1 is 1.14 bits per heavy atom. The molecule has 0 heterocycles. The van der Waals surface area contributed by atoms with Crippen molar-refractivity contribution in [3.8, 4) is 0 Å². The Balaban J connectivity index is 2.14. The predicted molar refractivity (Wildman–Crippen MR) is 96.2 cm³/mol. The van der Waals surface area contributed by atoms with E-state index in [1.807, 2.05) is 42.5 Å². The average Bonchev–Trinajstić information content (AvgIpc) is 2.56. The van der Waals surface area contributed by atoms with Crippen molar-refractivity contribution in [2.45, 2.75) is 26.3 Å². The van der Waals surface area contributed by atoms with E-state index in [9.17, 15) is 4.79 Å². The van der Waals surface area contributed by atoms with Gasteiger partial charge in [0.05, 0.1) is 11.4 Å². The van der Waals surface area contributed by atoms with Gasteiger partial charge in [-0.1, -0.05) is 59.6 Å². The van der Waals surface area contributed by atoms with E-state index >= 15 is 0 Å². The van der Waals surface area contributed by atoms with Crippen molar-refractivity contribution in [3.63, 3.8) is 0 Å². The summed E-state index contributed by atoms with van der Waals surface area (Å²) in [4.78, 5) is 13.2. The molecule has 1 N–H and O–H groups in total. The minimum atomic E-state index is 0.707. The van der Waals surface area contributed by atoms with Gasteiger partial charge in [-0.25, -0.2) is 0 Å². The summed E-state index contributed by atoms with van der Waals surface area (Å²) in [7, 11) is 0. The molecular weight excluding hydrogens is 340 g/mol. The summed E-state index contributed by atoms with van der Waals surface area (Å²) >= 11 is 3.56. The van der Waals surface area contributed by atoms with Crippen LogP contribution in [0.25, 0.3) is 0 Å². The topological polar surface area (TPSA) is 32.3 Å². The van der Waals surface area contributed by atoms with E-state index in [0.717, 1.165) is 41.6 Å². The van der Waals surface area contributed by atoms with Gasteiger partial charge in [-0.05, 0) is 30.2 Å². The zero-order valence-electron chi connectivity index (χ0n) is 12.8. The van der Waals surface area contributed by atoms with Gasteiger partial charge in [0, 0.05) is 17.6 Å². The second kappa shape index (κ2) is 8.59. The molecule has 116 valence electrons. The molecule has 0 spiro atoms. The van der Waals surface area contributed by atoms with Crippen LogP contribution in [0.15, 0.2) is 53.0 Å². The molecule has 2 aromatic rings. The monoisotopic (exact) mass is 360 g/mol. The first-order valence-corrected chi connectivity index (χ1v) is 8.33. The van der Waals surface area contributed by atoms with Crippen LogP contribution in [-0.2, 0) is 11.3 Å². The number of para-hydroxylation sites is 2. The van der Waals surface area contributed by atoms with E-state index in [1.165, 1.54) is 5.56 Å². The number of benzene rings is 2. The molecule has 22 heavy (non-hydrogen) atoms. The SMILES string of the molecule is CCCCN(C=O)c1ccccc1NCc1ccccc1Br. The van der Waals surface area contributed by atoms with Crippen molar-refractivity contribution in [1.29, 1.82) is 0 Å². The molecule has 0 bridgehead atoms. The van der Waals surface area contributed by atoms with Crippen molar-refractivity contribution >= 4 is 33.7 Å². The van der Waals surface area contributed by atoms with Crippen LogP contribution in [0.1, 0.15) is 25.3 Å². The molecule has 0 saturated carbocycles. The van der Waals surface area contributed by atoms with Gasteiger partial charge in [-0.15, -0.1) is 0 Å². The fraction of sp³-hybridized carbons (Fsp3) is 0.278. The lowest BCUT2D eigenvalue weighted by Crippen LogP contribution is -2.23. The summed E-state index contributed by atoms with van der Waals surface area (Å²) < 4.78 is 1.08. The lowest BCUT2D eigenvalue weighted by molar-refractivity contribution is -0.107. The van der Waals surface area contributed by atoms with Gasteiger partial charge in [0.2, 0.25) is 6.41 Å². The molecule has 4 heteroatoms. The number of carbonyl (C=O) groups excluding carboxylic acids is 1. The van der Waals surface area contributed by atoms with Crippen molar-refractivity contribution in [2.75, 3.05) is 16.8 Å². The van der Waals surface area contributed by atoms with Crippen LogP contribution in [0.2, 0.25) is 0 Å². The Kier molecular flexibility index (Phi) is 6.46. The second-order valence-electron chi connectivity index (χ2n) is 5.11. The lowest BCUT2D eigenvalue weighted by atomic mass is 10.2. The third-order valence-electron chi connectivity index (χ3n) is 3.52. The highest BCUT2D eigenvalue weighted by atomic mass is 79.9. The number of anilines is 2. The average molecular weight is 361 g/mol. The van der Waals surface area contributed by atoms with Gasteiger partial charge in [0.15, 0.2) is 0 Å². The predicted octanol–water partition coefficient (Wildman–Crippen LogP) is 4.82. The molecule has 0 atom stereocenters. The number of nitrogens with zero attached hydrogens (tertiary/aromatic N) is 1. The zero-order valence-corrected chi connectivity index (χ0v) is 14.3. The van der Waals surface area contributed by atoms with E-state index in [4.69, 9.17) is 0 Å². The maximum Gasteiger partial charge on any atom is 0.214 e. The molecule has 0 aliphatic heterocycles. The fourth-order valence-electron chi connectivity index (χ4n) is 2.26. The maximum atomic E-state index is 11.4. The standard InChI is InChI=1S/C18H21BrN2O/c1-2-3-12-21(14-22)18-11-7-6-10-17(18)20-13-15-8-4-5-9-16(15)19/h4-11,14,20H,2-3,12-13H2,1H3. The Hall–Kier alpha value is -1.81. The Morgan fingerprint density at radius 3 is 2.59 bits per heavy atom. The normalized spacial score (nSPS) is 10.3. The molecule has 2 aromatic carbocycles. The maximum absolute atomic E-state index is 11.4. The summed E-state index contributed by atoms with van der Waals surface area (Å²) in [6.07, 6.45) is 2.98. The summed E-state index contributed by atoms with van der Waals surface area (Å²) in [5.41, 5.74) is 3.09. The van der Waals surface area contributed by atoms with Crippen molar-refractivity contribution in [2.24, 2.45) is 0 Å². The van der Waals surface area contributed by atoms with Gasteiger partial charge in [0.1, 0.15) is 0 Å². The first kappa shape index (κ1) is 16.6. The van der Waals surface area contributed by atoms with Crippen LogP contribution in [0.4, 0.5) is 11.4 Å². The van der Waals surface area contributed by atoms with Crippen LogP contribution >= 0.6 is 15.9 Å². The van der Waals surface area contributed by atoms with Gasteiger partial charge in [-0.3, -0.25) is 4.79 Å². The number of rotatable bonds is 8. The van der Waals surface area contributed by atoms with Gasteiger partial charge in [-0.2, -0.15) is 0 Å². The molecule has 0 radical (unpaired) electrons. The molecule has 1 amide bonds. The zero-order chi connectivity index (χ0) is 15.8. The number of carbonyl (C=O) groups is 1. The number of hydrogen-bond donors (Lipinski definition) is 1. The highest BCUT2D eigenvalue weighted by molar-refractivity contribution is 9.10. The Morgan fingerprint density at radius 2 is 1.86 bits per heavy atom. The van der Waals surface area contributed by atoms with Crippen LogP contribution in [0, 0.1) is 0 Å². The van der Waals surface area contributed by atoms with E-state index < -0.39 is 0 Å². The summed E-state index contributed by atoms with van der Waals surface area (Å²) in [5, 5.41) is 3.43. The lowest BCUT2D eigenvalue weighted by Gasteiger charge is -2.21. The first-order valence-electron chi connectivity index (χ1n) is 7.54. The summed E-state index contributed by atoms with van der Waals surface area (Å²) in [5.74, 6) is 0. The fourth-order valence-corrected chi connectivity index (χ4v) is 2.69. The number of unbranched alkanes of at least 4 members (excludes halogenated alkanes) is 1. The minimum absolute atomic E-state index is 0.707. The van der Waals surface area contributed by atoms with Gasteiger partial charge >= 0.3 is 0 Å². The van der Waals surface area contributed by atoms with E-state index in [-0.39, 0.29) is 0 Å². The molecule has 3 nitrogen and oxygen atoms in total. The molecule has 0 saturated heterocycles. The third kappa shape index (κ3) is 4.34. The van der Waals surface area contributed by atoms with Crippen LogP contribution in [0.5, 0.6) is 0 Å². The second-order valence-corrected chi connectivity index (χ2v) is 5.97. The van der Waals surface area contributed by atoms with Crippen LogP contribution < -0.4 is 10.2 Å². The minimum Gasteiger partial charge on any atom is -0.379 e. The number of amides is 1. The largest absolute Gasteiger partial charge is 0.379 e. The Bertz CT molecular complexity index is 616. The Labute approximate surface area is 140 Å². The molecule has 0 fully saturated rings. The molecule has 0 aromatic heterocycles. The van der Waals surface area contributed by atoms with E-state index in [2.05, 4.69) is 34.2 Å². The van der Waals surface area contributed by atoms with E-state index in [0.29, 0.717) is 6.54 Å².